The van der Waals surface area contributed by atoms with Crippen LogP contribution in [0.5, 0.6) is 0 Å². The van der Waals surface area contributed by atoms with Crippen LogP contribution in [0.3, 0.4) is 0 Å². The van der Waals surface area contributed by atoms with Crippen molar-refractivity contribution >= 4 is 17.4 Å². The second kappa shape index (κ2) is 20.1. The number of likely N-dealkylation sites (N-methyl/N-ethyl adjacent to an activating group) is 1. The molecule has 0 radical (unpaired) electrons. The van der Waals surface area contributed by atoms with E-state index in [1.54, 1.807) is 9.91 Å². The molecule has 3 rings (SSSR count). The average molecular weight is 693 g/mol. The summed E-state index contributed by atoms with van der Waals surface area (Å²) in [6.45, 7) is 13.4. The lowest BCUT2D eigenvalue weighted by Gasteiger charge is -2.29. The number of carbonyl (C=O) groups is 2. The molecule has 50 heavy (non-hydrogen) atoms. The summed E-state index contributed by atoms with van der Waals surface area (Å²) in [4.78, 5) is 30.2. The van der Waals surface area contributed by atoms with E-state index < -0.39 is 11.7 Å². The van der Waals surface area contributed by atoms with Gasteiger partial charge in [-0.1, -0.05) is 85.8 Å². The van der Waals surface area contributed by atoms with E-state index in [1.165, 1.54) is 31.5 Å². The molecule has 0 atom stereocenters. The Labute approximate surface area is 295 Å². The van der Waals surface area contributed by atoms with Crippen LogP contribution >= 0.6 is 0 Å². The van der Waals surface area contributed by atoms with Crippen LogP contribution < -0.4 is 0 Å². The summed E-state index contributed by atoms with van der Waals surface area (Å²) < 4.78 is 39.0. The van der Waals surface area contributed by atoms with Gasteiger partial charge in [-0.05, 0) is 88.5 Å². The van der Waals surface area contributed by atoms with E-state index in [9.17, 15) is 22.8 Å². The summed E-state index contributed by atoms with van der Waals surface area (Å²) in [5, 5.41) is 14.3. The number of nitrogens with zero attached hydrogens (tertiary/aromatic N) is 4. The van der Waals surface area contributed by atoms with Gasteiger partial charge in [-0.2, -0.15) is 18.3 Å². The van der Waals surface area contributed by atoms with Crippen LogP contribution in [0, 0.1) is 0 Å². The molecule has 3 aromatic carbocycles. The molecule has 0 aliphatic carbocycles. The van der Waals surface area contributed by atoms with Gasteiger partial charge < -0.3 is 14.9 Å². The molecule has 1 amide bonds. The Morgan fingerprint density at radius 3 is 1.82 bits per heavy atom. The van der Waals surface area contributed by atoms with Gasteiger partial charge in [0.2, 0.25) is 5.91 Å². The standard InChI is InChI=1S/C37H45F3N4O2.C3H6O/c1-7-34(28(4)45)41-44(35(27(2)3)22-15-29-11-9-8-10-12-29)26-36(46)43(24-23-42(5)6)25-30-13-16-31(17-14-30)32-18-20-33(21-19-32)37(38,39)40;1-3(2)4/h8-14,16-21H,7,15,22-26H2,1-6H3;4H,1H2,2H3/b41-34-;. The molecule has 0 saturated carbocycles. The van der Waals surface area contributed by atoms with Crippen LogP contribution in [-0.2, 0) is 28.7 Å². The smallest absolute Gasteiger partial charge is 0.416 e. The second-order valence-electron chi connectivity index (χ2n) is 12.6. The summed E-state index contributed by atoms with van der Waals surface area (Å²) in [7, 11) is 3.90. The maximum atomic E-state index is 14.0. The molecule has 0 aliphatic rings. The van der Waals surface area contributed by atoms with Crippen LogP contribution in [0.4, 0.5) is 13.2 Å². The number of alkyl halides is 3. The Bertz CT molecular complexity index is 1590. The highest BCUT2D eigenvalue weighted by atomic mass is 19.4. The summed E-state index contributed by atoms with van der Waals surface area (Å²) >= 11 is 0. The lowest BCUT2D eigenvalue weighted by atomic mass is 10.0. The quantitative estimate of drug-likeness (QED) is 0.0978. The zero-order chi connectivity index (χ0) is 37.4. The number of carbonyl (C=O) groups excluding carboxylic acids is 2. The van der Waals surface area contributed by atoms with E-state index in [2.05, 4.69) is 18.7 Å². The van der Waals surface area contributed by atoms with Gasteiger partial charge in [-0.15, -0.1) is 0 Å². The van der Waals surface area contributed by atoms with Gasteiger partial charge >= 0.3 is 6.18 Å². The Morgan fingerprint density at radius 2 is 1.36 bits per heavy atom. The summed E-state index contributed by atoms with van der Waals surface area (Å²) in [6.07, 6.45) is -2.52. The van der Waals surface area contributed by atoms with E-state index in [0.717, 1.165) is 41.0 Å². The third-order valence-corrected chi connectivity index (χ3v) is 7.69. The van der Waals surface area contributed by atoms with Crippen molar-refractivity contribution in [3.63, 3.8) is 0 Å². The molecule has 3 aromatic rings. The van der Waals surface area contributed by atoms with Gasteiger partial charge in [0.15, 0.2) is 5.78 Å². The van der Waals surface area contributed by atoms with E-state index in [4.69, 9.17) is 10.2 Å². The molecular weight excluding hydrogens is 641 g/mol. The number of benzene rings is 3. The number of Topliss-reactive ketones (excluding diaryl/α,β-unsaturated/α-hetero) is 1. The first kappa shape index (κ1) is 41.5. The van der Waals surface area contributed by atoms with E-state index >= 15 is 0 Å². The van der Waals surface area contributed by atoms with Crippen molar-refractivity contribution in [2.45, 2.75) is 66.6 Å². The SMILES string of the molecule is C=C(C)O.CC/C(=N/N(CC(=O)N(CCN(C)C)Cc1ccc(-c2ccc(C(F)(F)F)cc2)cc1)C(CCc1ccccc1)=C(C)C)C(C)=O. The van der Waals surface area contributed by atoms with Crippen LogP contribution in [0.1, 0.15) is 64.2 Å². The highest BCUT2D eigenvalue weighted by Gasteiger charge is 2.30. The van der Waals surface area contributed by atoms with Gasteiger partial charge in [0, 0.05) is 32.3 Å². The predicted molar refractivity (Wildman–Crippen MR) is 197 cm³/mol. The normalized spacial score (nSPS) is 11.4. The van der Waals surface area contributed by atoms with Crippen LogP contribution in [0.15, 0.2) is 108 Å². The van der Waals surface area contributed by atoms with Crippen molar-refractivity contribution in [2.75, 3.05) is 33.7 Å². The second-order valence-corrected chi connectivity index (χ2v) is 12.6. The van der Waals surface area contributed by atoms with Gasteiger partial charge in [0.25, 0.3) is 0 Å². The van der Waals surface area contributed by atoms with Crippen molar-refractivity contribution in [2.24, 2.45) is 5.10 Å². The third-order valence-electron chi connectivity index (χ3n) is 7.69. The number of halogens is 3. The Hall–Kier alpha value is -4.70. The molecule has 10 heteroatoms. The maximum Gasteiger partial charge on any atom is 0.416 e. The van der Waals surface area contributed by atoms with E-state index in [1.807, 2.05) is 82.2 Å². The summed E-state index contributed by atoms with van der Waals surface area (Å²) in [5.74, 6) is -0.0939. The number of aliphatic hydroxyl groups is 1. The van der Waals surface area contributed by atoms with Crippen LogP contribution in [0.25, 0.3) is 11.1 Å². The van der Waals surface area contributed by atoms with E-state index in [-0.39, 0.29) is 24.0 Å². The third kappa shape index (κ3) is 14.4. The molecule has 0 spiro atoms. The Morgan fingerprint density at radius 1 is 0.820 bits per heavy atom. The first-order valence-electron chi connectivity index (χ1n) is 16.6. The highest BCUT2D eigenvalue weighted by Crippen LogP contribution is 2.31. The number of aliphatic hydroxyl groups excluding tert-OH is 1. The monoisotopic (exact) mass is 692 g/mol. The molecule has 0 unspecified atom stereocenters. The molecule has 0 fully saturated rings. The molecule has 0 heterocycles. The van der Waals surface area contributed by atoms with Crippen molar-refractivity contribution in [1.82, 2.24) is 14.8 Å². The van der Waals surface area contributed by atoms with Crippen molar-refractivity contribution in [3.8, 4) is 11.1 Å². The topological polar surface area (TPSA) is 76.5 Å². The summed E-state index contributed by atoms with van der Waals surface area (Å²) in [6, 6.07) is 22.7. The lowest BCUT2D eigenvalue weighted by Crippen LogP contribution is -2.41. The minimum Gasteiger partial charge on any atom is -0.513 e. The van der Waals surface area contributed by atoms with E-state index in [0.29, 0.717) is 43.8 Å². The number of allylic oxidation sites excluding steroid dienone is 3. The molecule has 0 saturated heterocycles. The highest BCUT2D eigenvalue weighted by molar-refractivity contribution is 6.38. The zero-order valence-electron chi connectivity index (χ0n) is 30.3. The van der Waals surface area contributed by atoms with Crippen molar-refractivity contribution < 1.29 is 27.9 Å². The van der Waals surface area contributed by atoms with Crippen LogP contribution in [-0.4, -0.2) is 71.0 Å². The fraction of sp³-hybridized carbons (Fsp3) is 0.375. The minimum atomic E-state index is -4.38. The lowest BCUT2D eigenvalue weighted by molar-refractivity contribution is -0.137. The predicted octanol–water partition coefficient (Wildman–Crippen LogP) is 8.92. The maximum absolute atomic E-state index is 14.0. The number of aryl methyl sites for hydroxylation is 1. The first-order valence-corrected chi connectivity index (χ1v) is 16.6. The molecule has 0 aliphatic heterocycles. The van der Waals surface area contributed by atoms with Gasteiger partial charge in [0.1, 0.15) is 12.3 Å². The molecule has 0 bridgehead atoms. The van der Waals surface area contributed by atoms with Crippen molar-refractivity contribution in [1.29, 1.82) is 0 Å². The fourth-order valence-electron chi connectivity index (χ4n) is 4.99. The molecule has 0 aromatic heterocycles. The average Bonchev–Trinajstić information content (AvgIpc) is 3.05. The minimum absolute atomic E-state index is 0.0247. The number of rotatable bonds is 15. The fourth-order valence-corrected chi connectivity index (χ4v) is 4.99. The molecule has 7 nitrogen and oxygen atoms in total. The molecular formula is C40H51F3N4O3. The molecule has 270 valence electrons. The number of hydrazone groups is 1. The molecule has 1 N–H and O–H groups in total. The number of hydrogen-bond donors (Lipinski definition) is 1. The van der Waals surface area contributed by atoms with Gasteiger partial charge in [0.05, 0.1) is 11.3 Å². The Balaban J connectivity index is 0.00000205. The zero-order valence-corrected chi connectivity index (χ0v) is 30.3. The summed E-state index contributed by atoms with van der Waals surface area (Å²) in [5.41, 5.74) is 5.16. The van der Waals surface area contributed by atoms with Gasteiger partial charge in [-0.25, -0.2) is 0 Å². The van der Waals surface area contributed by atoms with Crippen LogP contribution in [0.2, 0.25) is 0 Å². The number of amides is 1. The Kier molecular flexibility index (Phi) is 16.7. The number of hydrogen-bond acceptors (Lipinski definition) is 6. The first-order chi connectivity index (χ1) is 23.5. The van der Waals surface area contributed by atoms with Gasteiger partial charge in [-0.3, -0.25) is 14.6 Å². The number of ketones is 1. The largest absolute Gasteiger partial charge is 0.513 e. The van der Waals surface area contributed by atoms with Crippen molar-refractivity contribution in [3.05, 3.63) is 119 Å².